The fourth-order valence-electron chi connectivity index (χ4n) is 2.50. The Morgan fingerprint density at radius 2 is 2.12 bits per heavy atom. The number of thiophene rings is 1. The van der Waals surface area contributed by atoms with Gasteiger partial charge in [-0.05, 0) is 35.2 Å². The van der Waals surface area contributed by atoms with Crippen molar-refractivity contribution in [2.45, 2.75) is 13.0 Å². The summed E-state index contributed by atoms with van der Waals surface area (Å²) in [5.41, 5.74) is 1.44. The van der Waals surface area contributed by atoms with Crippen molar-refractivity contribution in [1.29, 1.82) is 0 Å². The van der Waals surface area contributed by atoms with Crippen LogP contribution in [-0.4, -0.2) is 29.3 Å². The summed E-state index contributed by atoms with van der Waals surface area (Å²) in [7, 11) is 1.59. The van der Waals surface area contributed by atoms with Gasteiger partial charge in [-0.15, -0.1) is 11.3 Å². The SMILES string of the molecule is COc1cccc(CC(=O)NCCn2nc(-c3cccs3)ccc2=O)c1. The van der Waals surface area contributed by atoms with Crippen LogP contribution in [0.25, 0.3) is 10.6 Å². The quantitative estimate of drug-likeness (QED) is 0.694. The zero-order chi connectivity index (χ0) is 18.4. The highest BCUT2D eigenvalue weighted by Gasteiger charge is 2.07. The number of rotatable bonds is 7. The van der Waals surface area contributed by atoms with E-state index in [1.807, 2.05) is 41.8 Å². The first-order valence-electron chi connectivity index (χ1n) is 8.17. The molecule has 2 aromatic heterocycles. The van der Waals surface area contributed by atoms with E-state index in [1.54, 1.807) is 24.5 Å². The molecule has 3 aromatic rings. The molecule has 0 atom stereocenters. The Labute approximate surface area is 155 Å². The minimum Gasteiger partial charge on any atom is -0.497 e. The molecule has 0 spiro atoms. The fourth-order valence-corrected chi connectivity index (χ4v) is 3.19. The molecule has 0 unspecified atom stereocenters. The molecule has 134 valence electrons. The van der Waals surface area contributed by atoms with Crippen LogP contribution >= 0.6 is 11.3 Å². The van der Waals surface area contributed by atoms with Gasteiger partial charge in [0.05, 0.1) is 25.0 Å². The third-order valence-electron chi connectivity index (χ3n) is 3.78. The Bertz CT molecular complexity index is 935. The highest BCUT2D eigenvalue weighted by Crippen LogP contribution is 2.21. The average Bonchev–Trinajstić information content (AvgIpc) is 3.18. The number of hydrogen-bond acceptors (Lipinski definition) is 5. The Morgan fingerprint density at radius 1 is 1.23 bits per heavy atom. The second-order valence-corrected chi connectivity index (χ2v) is 6.58. The van der Waals surface area contributed by atoms with Crippen molar-refractivity contribution in [3.05, 3.63) is 69.8 Å². The van der Waals surface area contributed by atoms with Crippen molar-refractivity contribution in [2.24, 2.45) is 0 Å². The summed E-state index contributed by atoms with van der Waals surface area (Å²) in [6.45, 7) is 0.658. The molecule has 2 heterocycles. The maximum atomic E-state index is 12.1. The zero-order valence-electron chi connectivity index (χ0n) is 14.3. The van der Waals surface area contributed by atoms with Gasteiger partial charge in [0, 0.05) is 12.6 Å². The molecular weight excluding hydrogens is 350 g/mol. The average molecular weight is 369 g/mol. The molecule has 1 aromatic carbocycles. The van der Waals surface area contributed by atoms with E-state index < -0.39 is 0 Å². The largest absolute Gasteiger partial charge is 0.497 e. The number of carbonyl (C=O) groups is 1. The van der Waals surface area contributed by atoms with Crippen molar-refractivity contribution >= 4 is 17.2 Å². The number of aromatic nitrogens is 2. The molecule has 0 aliphatic carbocycles. The van der Waals surface area contributed by atoms with E-state index in [1.165, 1.54) is 10.7 Å². The van der Waals surface area contributed by atoms with Crippen LogP contribution in [0.3, 0.4) is 0 Å². The summed E-state index contributed by atoms with van der Waals surface area (Å²) in [6, 6.07) is 14.5. The summed E-state index contributed by atoms with van der Waals surface area (Å²) in [5.74, 6) is 0.608. The Morgan fingerprint density at radius 3 is 2.88 bits per heavy atom. The van der Waals surface area contributed by atoms with Crippen LogP contribution in [0.5, 0.6) is 5.75 Å². The monoisotopic (exact) mass is 369 g/mol. The molecule has 3 rings (SSSR count). The van der Waals surface area contributed by atoms with E-state index in [-0.39, 0.29) is 17.9 Å². The van der Waals surface area contributed by atoms with Gasteiger partial charge < -0.3 is 10.1 Å². The number of carbonyl (C=O) groups excluding carboxylic acids is 1. The van der Waals surface area contributed by atoms with E-state index in [2.05, 4.69) is 10.4 Å². The lowest BCUT2D eigenvalue weighted by atomic mass is 10.1. The number of hydrogen-bond donors (Lipinski definition) is 1. The van der Waals surface area contributed by atoms with Crippen molar-refractivity contribution in [2.75, 3.05) is 13.7 Å². The van der Waals surface area contributed by atoms with Gasteiger partial charge in [0.25, 0.3) is 5.56 Å². The second kappa shape index (κ2) is 8.44. The molecule has 0 aliphatic rings. The molecule has 0 fully saturated rings. The lowest BCUT2D eigenvalue weighted by Crippen LogP contribution is -2.32. The zero-order valence-corrected chi connectivity index (χ0v) is 15.2. The van der Waals surface area contributed by atoms with Gasteiger partial charge in [0.2, 0.25) is 5.91 Å². The third-order valence-corrected chi connectivity index (χ3v) is 4.68. The summed E-state index contributed by atoms with van der Waals surface area (Å²) < 4.78 is 6.53. The number of nitrogens with one attached hydrogen (secondary N) is 1. The smallest absolute Gasteiger partial charge is 0.266 e. The van der Waals surface area contributed by atoms with Gasteiger partial charge >= 0.3 is 0 Å². The summed E-state index contributed by atoms with van der Waals surface area (Å²) in [6.07, 6.45) is 0.259. The highest BCUT2D eigenvalue weighted by molar-refractivity contribution is 7.13. The lowest BCUT2D eigenvalue weighted by molar-refractivity contribution is -0.120. The van der Waals surface area contributed by atoms with E-state index >= 15 is 0 Å². The summed E-state index contributed by atoms with van der Waals surface area (Å²) >= 11 is 1.57. The topological polar surface area (TPSA) is 73.2 Å². The first-order chi connectivity index (χ1) is 12.7. The molecule has 6 nitrogen and oxygen atoms in total. The first-order valence-corrected chi connectivity index (χ1v) is 9.05. The van der Waals surface area contributed by atoms with Crippen LogP contribution in [0.15, 0.2) is 58.7 Å². The number of amides is 1. The second-order valence-electron chi connectivity index (χ2n) is 5.64. The maximum Gasteiger partial charge on any atom is 0.266 e. The minimum absolute atomic E-state index is 0.110. The minimum atomic E-state index is -0.188. The maximum absolute atomic E-state index is 12.1. The number of nitrogens with zero attached hydrogens (tertiary/aromatic N) is 2. The highest BCUT2D eigenvalue weighted by atomic mass is 32.1. The van der Waals surface area contributed by atoms with E-state index in [0.717, 1.165) is 21.9 Å². The molecule has 26 heavy (non-hydrogen) atoms. The Hall–Kier alpha value is -2.93. The van der Waals surface area contributed by atoms with Gasteiger partial charge in [-0.1, -0.05) is 18.2 Å². The molecular formula is C19H19N3O3S. The van der Waals surface area contributed by atoms with E-state index in [0.29, 0.717) is 13.1 Å². The van der Waals surface area contributed by atoms with Crippen LogP contribution in [0.2, 0.25) is 0 Å². The number of methoxy groups -OCH3 is 1. The molecule has 0 saturated heterocycles. The fraction of sp³-hybridized carbons (Fsp3) is 0.211. The van der Waals surface area contributed by atoms with Gasteiger partial charge in [-0.3, -0.25) is 9.59 Å². The molecule has 0 bridgehead atoms. The van der Waals surface area contributed by atoms with Crippen molar-refractivity contribution in [3.63, 3.8) is 0 Å². The van der Waals surface area contributed by atoms with Crippen molar-refractivity contribution in [3.8, 4) is 16.3 Å². The van der Waals surface area contributed by atoms with Crippen molar-refractivity contribution in [1.82, 2.24) is 15.1 Å². The molecule has 0 aliphatic heterocycles. The van der Waals surface area contributed by atoms with Gasteiger partial charge in [0.15, 0.2) is 0 Å². The predicted octanol–water partition coefficient (Wildman–Crippen LogP) is 2.34. The predicted molar refractivity (Wildman–Crippen MR) is 102 cm³/mol. The van der Waals surface area contributed by atoms with Crippen LogP contribution in [-0.2, 0) is 17.8 Å². The number of ether oxygens (including phenoxy) is 1. The third kappa shape index (κ3) is 4.58. The van der Waals surface area contributed by atoms with Crippen molar-refractivity contribution < 1.29 is 9.53 Å². The molecule has 0 saturated carbocycles. The number of benzene rings is 1. The Kier molecular flexibility index (Phi) is 5.80. The normalized spacial score (nSPS) is 10.5. The van der Waals surface area contributed by atoms with Crippen LogP contribution in [0.1, 0.15) is 5.56 Å². The van der Waals surface area contributed by atoms with Gasteiger partial charge in [-0.25, -0.2) is 4.68 Å². The van der Waals surface area contributed by atoms with Gasteiger partial charge in [-0.2, -0.15) is 5.10 Å². The van der Waals surface area contributed by atoms with Crippen LogP contribution < -0.4 is 15.6 Å². The Balaban J connectivity index is 1.56. The molecule has 0 radical (unpaired) electrons. The standard InChI is InChI=1S/C19H19N3O3S/c1-25-15-5-2-4-14(12-15)13-18(23)20-9-10-22-19(24)8-7-16(21-22)17-6-3-11-26-17/h2-8,11-12H,9-10,13H2,1H3,(H,20,23). The lowest BCUT2D eigenvalue weighted by Gasteiger charge is -2.08. The molecule has 1 N–H and O–H groups in total. The van der Waals surface area contributed by atoms with Crippen LogP contribution in [0.4, 0.5) is 0 Å². The molecule has 1 amide bonds. The summed E-state index contributed by atoms with van der Waals surface area (Å²) in [4.78, 5) is 25.0. The summed E-state index contributed by atoms with van der Waals surface area (Å²) in [5, 5.41) is 9.15. The molecule has 7 heteroatoms. The van der Waals surface area contributed by atoms with Gasteiger partial charge in [0.1, 0.15) is 11.4 Å². The van der Waals surface area contributed by atoms with E-state index in [4.69, 9.17) is 4.74 Å². The van der Waals surface area contributed by atoms with Crippen LogP contribution in [0, 0.1) is 0 Å². The first kappa shape index (κ1) is 17.9. The van der Waals surface area contributed by atoms with E-state index in [9.17, 15) is 9.59 Å².